The average Bonchev–Trinajstić information content (AvgIpc) is 0.854. The van der Waals surface area contributed by atoms with Crippen molar-refractivity contribution in [1.29, 1.82) is 0 Å². The minimum absolute atomic E-state index is 0.211. The van der Waals surface area contributed by atoms with Gasteiger partial charge in [-0.3, -0.25) is 4.79 Å². The molecule has 0 spiro atoms. The van der Waals surface area contributed by atoms with Gasteiger partial charge < -0.3 is 65.1 Å². The van der Waals surface area contributed by atoms with Gasteiger partial charge in [-0.2, -0.15) is 0 Å². The van der Waals surface area contributed by atoms with Gasteiger partial charge in [0, 0.05) is 6.42 Å². The quantitative estimate of drug-likeness (QED) is 0.0204. The number of hydrogen-bond acceptors (Lipinski definition) is 13. The second-order valence-corrected chi connectivity index (χ2v) is 26.4. The van der Waals surface area contributed by atoms with Crippen LogP contribution in [0.5, 0.6) is 0 Å². The average molecular weight is 1310 g/mol. The molecule has 0 aliphatic carbocycles. The number of allylic oxidation sites excluding steroid dienone is 16. The predicted octanol–water partition coefficient (Wildman–Crippen LogP) is 16.5. The van der Waals surface area contributed by atoms with Crippen LogP contribution in [-0.2, 0) is 23.7 Å². The maximum atomic E-state index is 13.4. The number of aliphatic hydroxyl groups excluding tert-OH is 8. The van der Waals surface area contributed by atoms with Crippen molar-refractivity contribution >= 4 is 5.91 Å². The van der Waals surface area contributed by atoms with E-state index in [1.165, 1.54) is 167 Å². The summed E-state index contributed by atoms with van der Waals surface area (Å²) < 4.78 is 23.0. The predicted molar refractivity (Wildman–Crippen MR) is 383 cm³/mol. The zero-order valence-corrected chi connectivity index (χ0v) is 58.7. The lowest BCUT2D eigenvalue weighted by Crippen LogP contribution is -2.65. The van der Waals surface area contributed by atoms with Gasteiger partial charge in [0.2, 0.25) is 5.91 Å². The third-order valence-electron chi connectivity index (χ3n) is 18.1. The van der Waals surface area contributed by atoms with E-state index in [4.69, 9.17) is 18.9 Å². The molecule has 0 aromatic heterocycles. The van der Waals surface area contributed by atoms with E-state index in [9.17, 15) is 45.6 Å². The lowest BCUT2D eigenvalue weighted by molar-refractivity contribution is -0.359. The van der Waals surface area contributed by atoms with Crippen LogP contribution in [0.2, 0.25) is 0 Å². The molecule has 2 fully saturated rings. The van der Waals surface area contributed by atoms with E-state index in [0.717, 1.165) is 103 Å². The van der Waals surface area contributed by atoms with Gasteiger partial charge in [-0.25, -0.2) is 0 Å². The van der Waals surface area contributed by atoms with Crippen molar-refractivity contribution in [1.82, 2.24) is 5.32 Å². The van der Waals surface area contributed by atoms with Gasteiger partial charge >= 0.3 is 0 Å². The van der Waals surface area contributed by atoms with Crippen molar-refractivity contribution in [2.45, 2.75) is 376 Å². The highest BCUT2D eigenvalue weighted by atomic mass is 16.7. The molecule has 12 unspecified atom stereocenters. The van der Waals surface area contributed by atoms with E-state index in [0.29, 0.717) is 19.3 Å². The molecule has 2 aliphatic rings. The maximum absolute atomic E-state index is 13.4. The number of nitrogens with one attached hydrogen (secondary N) is 1. The number of carbonyl (C=O) groups is 1. The number of unbranched alkanes of at least 4 members (excludes halogenated alkanes) is 33. The molecule has 2 aliphatic heterocycles. The second-order valence-electron chi connectivity index (χ2n) is 26.4. The maximum Gasteiger partial charge on any atom is 0.220 e. The lowest BCUT2D eigenvalue weighted by atomic mass is 9.97. The van der Waals surface area contributed by atoms with Crippen molar-refractivity contribution in [3.05, 3.63) is 97.2 Å². The first-order chi connectivity index (χ1) is 45.6. The fourth-order valence-corrected chi connectivity index (χ4v) is 12.1. The van der Waals surface area contributed by atoms with Gasteiger partial charge in [0.15, 0.2) is 12.6 Å². The topological polar surface area (TPSA) is 228 Å². The smallest absolute Gasteiger partial charge is 0.220 e. The summed E-state index contributed by atoms with van der Waals surface area (Å²) in [7, 11) is 0. The summed E-state index contributed by atoms with van der Waals surface area (Å²) in [5.41, 5.74) is 0. The first-order valence-electron chi connectivity index (χ1n) is 38.0. The molecular weight excluding hydrogens is 1170 g/mol. The van der Waals surface area contributed by atoms with Crippen LogP contribution in [0.1, 0.15) is 303 Å². The number of aliphatic hydroxyl groups is 8. The van der Waals surface area contributed by atoms with Crippen LogP contribution in [0.4, 0.5) is 0 Å². The van der Waals surface area contributed by atoms with Gasteiger partial charge in [0.25, 0.3) is 0 Å². The SMILES string of the molecule is CC/C=C\C/C=C\C/C=C\C/C=C\C/C=C\C/C=C\C/C=C\C/C=C\CCCCCCCCCCCCC(=O)NC(COC1OC(CO)C(OC2OC(CO)C(O)C(O)C2O)C(O)C1O)C(O)CCCCCCCCCCCCCCCCCCCCCCCCCC. The molecule has 0 radical (unpaired) electrons. The van der Waals surface area contributed by atoms with E-state index in [-0.39, 0.29) is 12.5 Å². The van der Waals surface area contributed by atoms with Crippen molar-refractivity contribution in [2.75, 3.05) is 19.8 Å². The Hall–Kier alpha value is -3.09. The summed E-state index contributed by atoms with van der Waals surface area (Å²) in [4.78, 5) is 13.4. The van der Waals surface area contributed by atoms with Crippen molar-refractivity contribution in [3.8, 4) is 0 Å². The lowest BCUT2D eigenvalue weighted by Gasteiger charge is -2.46. The molecule has 1 amide bonds. The largest absolute Gasteiger partial charge is 0.394 e. The van der Waals surface area contributed by atoms with E-state index >= 15 is 0 Å². The fourth-order valence-electron chi connectivity index (χ4n) is 12.1. The Morgan fingerprint density at radius 3 is 1.14 bits per heavy atom. The minimum Gasteiger partial charge on any atom is -0.394 e. The molecule has 9 N–H and O–H groups in total. The van der Waals surface area contributed by atoms with Crippen LogP contribution < -0.4 is 5.32 Å². The summed E-state index contributed by atoms with van der Waals surface area (Å²) >= 11 is 0. The zero-order valence-electron chi connectivity index (χ0n) is 58.7. The van der Waals surface area contributed by atoms with Gasteiger partial charge in [0.1, 0.15) is 48.8 Å². The van der Waals surface area contributed by atoms with Crippen LogP contribution in [-0.4, -0.2) is 140 Å². The number of ether oxygens (including phenoxy) is 4. The molecule has 0 saturated carbocycles. The first-order valence-corrected chi connectivity index (χ1v) is 38.0. The van der Waals surface area contributed by atoms with E-state index in [1.807, 2.05) is 0 Å². The van der Waals surface area contributed by atoms with Crippen LogP contribution in [0, 0.1) is 0 Å². The Morgan fingerprint density at radius 1 is 0.398 bits per heavy atom. The molecule has 538 valence electrons. The molecule has 14 nitrogen and oxygen atoms in total. The molecular formula is C79H139NO13. The highest BCUT2D eigenvalue weighted by Crippen LogP contribution is 2.30. The second kappa shape index (κ2) is 62.4. The summed E-state index contributed by atoms with van der Waals surface area (Å²) in [6, 6.07) is -0.839. The Kier molecular flexibility index (Phi) is 57.7. The van der Waals surface area contributed by atoms with Crippen LogP contribution in [0.25, 0.3) is 0 Å². The number of carbonyl (C=O) groups excluding carboxylic acids is 1. The number of amides is 1. The van der Waals surface area contributed by atoms with Crippen molar-refractivity contribution in [2.24, 2.45) is 0 Å². The van der Waals surface area contributed by atoms with E-state index < -0.39 is 86.8 Å². The molecule has 93 heavy (non-hydrogen) atoms. The van der Waals surface area contributed by atoms with Crippen LogP contribution >= 0.6 is 0 Å². The fraction of sp³-hybridized carbons (Fsp3) is 0.785. The first kappa shape index (κ1) is 86.0. The highest BCUT2D eigenvalue weighted by molar-refractivity contribution is 5.76. The molecule has 2 rings (SSSR count). The molecule has 0 aromatic carbocycles. The van der Waals surface area contributed by atoms with E-state index in [2.05, 4.69) is 116 Å². The Bertz CT molecular complexity index is 1930. The van der Waals surface area contributed by atoms with Crippen molar-refractivity contribution < 1.29 is 64.6 Å². The monoisotopic (exact) mass is 1310 g/mol. The zero-order chi connectivity index (χ0) is 67.3. The van der Waals surface area contributed by atoms with Crippen LogP contribution in [0.15, 0.2) is 97.2 Å². The molecule has 0 bridgehead atoms. The third-order valence-corrected chi connectivity index (χ3v) is 18.1. The number of rotatable bonds is 62. The standard InChI is InChI=1S/C79H139NO13/c1-3-5-7-9-11-13-15-17-19-21-23-25-27-29-30-31-32-33-34-35-36-37-38-39-41-43-45-47-49-51-53-55-57-59-61-63-71(84)80-67(66-90-78-76(89)74(87)77(70(65-82)92-78)93-79-75(88)73(86)72(85)69(64-81)91-79)68(83)62-60-58-56-54-52-50-48-46-44-42-40-28-26-24-22-20-18-16-14-12-10-8-6-4-2/h5,7,11,13,17,19,23,25,29-30,32-33,35-36,38-39,67-70,72-79,81-83,85-89H,3-4,6,8-10,12,14-16,18,20-22,24,26-28,31,34,37,40-66H2,1-2H3,(H,80,84)/b7-5-,13-11-,19-17-,25-23-,30-29-,33-32-,36-35-,39-38-. The van der Waals surface area contributed by atoms with Crippen LogP contribution in [0.3, 0.4) is 0 Å². The molecule has 2 heterocycles. The van der Waals surface area contributed by atoms with Gasteiger partial charge in [-0.15, -0.1) is 0 Å². The van der Waals surface area contributed by atoms with Crippen molar-refractivity contribution in [3.63, 3.8) is 0 Å². The normalized spacial score (nSPS) is 23.1. The number of hydrogen-bond donors (Lipinski definition) is 9. The Labute approximate surface area is 566 Å². The van der Waals surface area contributed by atoms with Gasteiger partial charge in [-0.05, 0) is 77.0 Å². The third kappa shape index (κ3) is 45.9. The summed E-state index contributed by atoms with van der Waals surface area (Å²) in [5.74, 6) is -0.211. The van der Waals surface area contributed by atoms with E-state index in [1.54, 1.807) is 0 Å². The molecule has 12 atom stereocenters. The molecule has 14 heteroatoms. The Balaban J connectivity index is 1.64. The highest BCUT2D eigenvalue weighted by Gasteiger charge is 2.51. The summed E-state index contributed by atoms with van der Waals surface area (Å²) in [6.45, 7) is 2.78. The molecule has 2 saturated heterocycles. The van der Waals surface area contributed by atoms with Gasteiger partial charge in [-0.1, -0.05) is 317 Å². The minimum atomic E-state index is -1.79. The summed E-state index contributed by atoms with van der Waals surface area (Å²) in [5, 5.41) is 87.8. The molecule has 0 aromatic rings. The Morgan fingerprint density at radius 2 is 0.742 bits per heavy atom. The summed E-state index contributed by atoms with van der Waals surface area (Å²) in [6.07, 6.45) is 71.3. The van der Waals surface area contributed by atoms with Gasteiger partial charge in [0.05, 0.1) is 32.0 Å².